The number of pyridine rings is 3. The smallest absolute Gasteiger partial charge is 0.265 e. The SMILES string of the molecule is O=c1[nH]ccc2nc(-c3ccc(C(F)F)cn3)ccc12. The Morgan fingerprint density at radius 2 is 1.85 bits per heavy atom. The lowest BCUT2D eigenvalue weighted by molar-refractivity contribution is 0.151. The van der Waals surface area contributed by atoms with Crippen LogP contribution in [0.15, 0.2) is 47.5 Å². The molecule has 6 heteroatoms. The molecule has 0 aliphatic heterocycles. The van der Waals surface area contributed by atoms with Crippen LogP contribution < -0.4 is 5.56 Å². The summed E-state index contributed by atoms with van der Waals surface area (Å²) in [7, 11) is 0. The van der Waals surface area contributed by atoms with Crippen LogP contribution in [0.2, 0.25) is 0 Å². The highest BCUT2D eigenvalue weighted by atomic mass is 19.3. The lowest BCUT2D eigenvalue weighted by Crippen LogP contribution is -2.05. The van der Waals surface area contributed by atoms with E-state index < -0.39 is 6.43 Å². The fourth-order valence-electron chi connectivity index (χ4n) is 1.90. The third-order valence-electron chi connectivity index (χ3n) is 2.93. The zero-order valence-electron chi connectivity index (χ0n) is 10.2. The molecule has 0 aromatic carbocycles. The molecule has 0 unspecified atom stereocenters. The monoisotopic (exact) mass is 273 g/mol. The van der Waals surface area contributed by atoms with E-state index in [4.69, 9.17) is 0 Å². The molecule has 3 rings (SSSR count). The number of rotatable bonds is 2. The average Bonchev–Trinajstić information content (AvgIpc) is 2.47. The van der Waals surface area contributed by atoms with Gasteiger partial charge >= 0.3 is 0 Å². The maximum absolute atomic E-state index is 12.5. The molecule has 100 valence electrons. The van der Waals surface area contributed by atoms with Gasteiger partial charge in [0.05, 0.1) is 22.3 Å². The standard InChI is InChI=1S/C14H9F2N3O/c15-13(16)8-1-3-11(18-7-8)12-4-2-9-10(19-12)5-6-17-14(9)20/h1-7,13H,(H,17,20). The van der Waals surface area contributed by atoms with Crippen molar-refractivity contribution in [3.8, 4) is 11.4 Å². The lowest BCUT2D eigenvalue weighted by atomic mass is 10.2. The van der Waals surface area contributed by atoms with Gasteiger partial charge in [-0.1, -0.05) is 0 Å². The van der Waals surface area contributed by atoms with Crippen LogP contribution in [-0.2, 0) is 0 Å². The minimum absolute atomic E-state index is 0.133. The molecule has 0 aliphatic rings. The third kappa shape index (κ3) is 2.16. The van der Waals surface area contributed by atoms with Crippen LogP contribution in [0.3, 0.4) is 0 Å². The number of hydrogen-bond acceptors (Lipinski definition) is 3. The predicted molar refractivity (Wildman–Crippen MR) is 70.6 cm³/mol. The number of aromatic nitrogens is 3. The first-order valence-corrected chi connectivity index (χ1v) is 5.88. The van der Waals surface area contributed by atoms with E-state index in [9.17, 15) is 13.6 Å². The minimum Gasteiger partial charge on any atom is -0.328 e. The highest BCUT2D eigenvalue weighted by molar-refractivity contribution is 5.79. The molecule has 20 heavy (non-hydrogen) atoms. The van der Waals surface area contributed by atoms with Crippen LogP contribution >= 0.6 is 0 Å². The summed E-state index contributed by atoms with van der Waals surface area (Å²) in [4.78, 5) is 22.4. The Kier molecular flexibility index (Phi) is 2.98. The van der Waals surface area contributed by atoms with Crippen molar-refractivity contribution >= 4 is 10.9 Å². The molecule has 3 heterocycles. The van der Waals surface area contributed by atoms with Gasteiger partial charge in [-0.3, -0.25) is 9.78 Å². The van der Waals surface area contributed by atoms with Gasteiger partial charge in [-0.15, -0.1) is 0 Å². The molecule has 0 amide bonds. The van der Waals surface area contributed by atoms with E-state index in [0.717, 1.165) is 6.20 Å². The second kappa shape index (κ2) is 4.80. The average molecular weight is 273 g/mol. The van der Waals surface area contributed by atoms with E-state index in [0.29, 0.717) is 22.3 Å². The first-order valence-electron chi connectivity index (χ1n) is 5.88. The summed E-state index contributed by atoms with van der Waals surface area (Å²) in [5, 5.41) is 0.473. The van der Waals surface area contributed by atoms with Crippen LogP contribution in [0.25, 0.3) is 22.3 Å². The van der Waals surface area contributed by atoms with Crippen molar-refractivity contribution < 1.29 is 8.78 Å². The summed E-state index contributed by atoms with van der Waals surface area (Å²) in [6, 6.07) is 7.76. The summed E-state index contributed by atoms with van der Waals surface area (Å²) >= 11 is 0. The molecule has 0 saturated heterocycles. The van der Waals surface area contributed by atoms with E-state index >= 15 is 0 Å². The molecule has 1 N–H and O–H groups in total. The van der Waals surface area contributed by atoms with Gasteiger partial charge in [0.1, 0.15) is 0 Å². The van der Waals surface area contributed by atoms with E-state index in [2.05, 4.69) is 15.0 Å². The number of H-pyrrole nitrogens is 1. The van der Waals surface area contributed by atoms with Crippen molar-refractivity contribution in [2.24, 2.45) is 0 Å². The Morgan fingerprint density at radius 1 is 1.05 bits per heavy atom. The molecule has 0 fully saturated rings. The highest BCUT2D eigenvalue weighted by Gasteiger charge is 2.09. The van der Waals surface area contributed by atoms with Gasteiger partial charge in [0.2, 0.25) is 0 Å². The number of nitrogens with one attached hydrogen (secondary N) is 1. The molecule has 4 nitrogen and oxygen atoms in total. The zero-order chi connectivity index (χ0) is 14.1. The molecule has 0 bridgehead atoms. The molecular weight excluding hydrogens is 264 g/mol. The van der Waals surface area contributed by atoms with E-state index in [1.807, 2.05) is 0 Å². The molecule has 0 aliphatic carbocycles. The molecule has 0 atom stereocenters. The predicted octanol–water partition coefficient (Wildman–Crippen LogP) is 2.92. The number of hydrogen-bond donors (Lipinski definition) is 1. The maximum Gasteiger partial charge on any atom is 0.265 e. The van der Waals surface area contributed by atoms with Crippen LogP contribution in [0.5, 0.6) is 0 Å². The van der Waals surface area contributed by atoms with Gasteiger partial charge in [0.15, 0.2) is 0 Å². The van der Waals surface area contributed by atoms with Crippen molar-refractivity contribution in [3.63, 3.8) is 0 Å². The summed E-state index contributed by atoms with van der Waals surface area (Å²) < 4.78 is 24.9. The van der Waals surface area contributed by atoms with Crippen LogP contribution in [0.4, 0.5) is 8.78 Å². The van der Waals surface area contributed by atoms with Crippen molar-refractivity contribution in [3.05, 3.63) is 58.6 Å². The van der Waals surface area contributed by atoms with Gasteiger partial charge in [-0.05, 0) is 30.3 Å². The number of fused-ring (bicyclic) bond motifs is 1. The van der Waals surface area contributed by atoms with Gasteiger partial charge in [0.25, 0.3) is 12.0 Å². The molecule has 0 radical (unpaired) electrons. The topological polar surface area (TPSA) is 58.6 Å². The summed E-state index contributed by atoms with van der Waals surface area (Å²) in [6.45, 7) is 0. The van der Waals surface area contributed by atoms with E-state index in [1.54, 1.807) is 18.2 Å². The van der Waals surface area contributed by atoms with Gasteiger partial charge in [0, 0.05) is 18.0 Å². The Hall–Kier alpha value is -2.63. The molecular formula is C14H9F2N3O. The largest absolute Gasteiger partial charge is 0.328 e. The quantitative estimate of drug-likeness (QED) is 0.781. The lowest BCUT2D eigenvalue weighted by Gasteiger charge is -2.03. The highest BCUT2D eigenvalue weighted by Crippen LogP contribution is 2.21. The molecule has 3 aromatic heterocycles. The minimum atomic E-state index is -2.54. The Balaban J connectivity index is 2.08. The van der Waals surface area contributed by atoms with Crippen molar-refractivity contribution in [1.29, 1.82) is 0 Å². The third-order valence-corrected chi connectivity index (χ3v) is 2.93. The van der Waals surface area contributed by atoms with E-state index in [-0.39, 0.29) is 11.1 Å². The van der Waals surface area contributed by atoms with Crippen LogP contribution in [-0.4, -0.2) is 15.0 Å². The summed E-state index contributed by atoms with van der Waals surface area (Å²) in [5.74, 6) is 0. The molecule has 3 aromatic rings. The molecule has 0 saturated carbocycles. The van der Waals surface area contributed by atoms with Crippen molar-refractivity contribution in [2.75, 3.05) is 0 Å². The fraction of sp³-hybridized carbons (Fsp3) is 0.0714. The number of aromatic amines is 1. The van der Waals surface area contributed by atoms with Crippen molar-refractivity contribution in [2.45, 2.75) is 6.43 Å². The van der Waals surface area contributed by atoms with Crippen molar-refractivity contribution in [1.82, 2.24) is 15.0 Å². The second-order valence-electron chi connectivity index (χ2n) is 4.21. The normalized spacial score (nSPS) is 11.2. The van der Waals surface area contributed by atoms with Crippen LogP contribution in [0, 0.1) is 0 Å². The summed E-state index contributed by atoms with van der Waals surface area (Å²) in [5.41, 5.74) is 1.19. The Morgan fingerprint density at radius 3 is 2.55 bits per heavy atom. The number of halogens is 2. The Bertz CT molecular complexity index is 813. The van der Waals surface area contributed by atoms with E-state index in [1.165, 1.54) is 18.3 Å². The van der Waals surface area contributed by atoms with Gasteiger partial charge < -0.3 is 4.98 Å². The molecule has 0 spiro atoms. The number of nitrogens with zero attached hydrogens (tertiary/aromatic N) is 2. The summed E-state index contributed by atoms with van der Waals surface area (Å²) in [6.07, 6.45) is 0.0954. The number of alkyl halides is 2. The second-order valence-corrected chi connectivity index (χ2v) is 4.21. The maximum atomic E-state index is 12.5. The van der Waals surface area contributed by atoms with Gasteiger partial charge in [-0.2, -0.15) is 0 Å². The van der Waals surface area contributed by atoms with Crippen LogP contribution in [0.1, 0.15) is 12.0 Å². The van der Waals surface area contributed by atoms with Gasteiger partial charge in [-0.25, -0.2) is 13.8 Å². The Labute approximate surface area is 112 Å². The first-order chi connectivity index (χ1) is 9.65. The first kappa shape index (κ1) is 12.4. The fourth-order valence-corrected chi connectivity index (χ4v) is 1.90. The zero-order valence-corrected chi connectivity index (χ0v) is 10.2.